The Morgan fingerprint density at radius 1 is 1.17 bits per heavy atom. The minimum atomic E-state index is -1.35. The number of thiazole rings is 1. The normalized spacial score (nSPS) is 18.4. The highest BCUT2D eigenvalue weighted by Gasteiger charge is 2.44. The standard InChI is InChI=1S/C15H10ClN3O3.C12H21N5O2S2.C8H12N4O5/c16-12-4-2-1-3-10(12)15-11-7-9(19(21)22)5-6-13(11)18-14(20)8-17-15;1-13-11(6-17(18)19)14-4-5-20-8-10-9-21-12(15-10)7-16(2)3;9-7-10-2-12(8(16)11-7)6-5(15)4(14)3(1-13)17-6/h1-7H,8H2,(H,18,20);6,9,13-14H,4-5,7-8H2,1-3H3;2-6,13-15H,1H2,(H2,9,11,16)/b;11-6+;/t;;3-,4-,5-,6-/m..1/s1. The minimum absolute atomic E-state index is 0.0664. The number of nitrogens with one attached hydrogen (secondary N) is 3. The van der Waals surface area contributed by atoms with Gasteiger partial charge in [0.1, 0.15) is 36.2 Å². The van der Waals surface area contributed by atoms with Crippen LogP contribution in [0.1, 0.15) is 28.1 Å². The van der Waals surface area contributed by atoms with Crippen molar-refractivity contribution in [3.8, 4) is 0 Å². The number of nitrogens with zero attached hydrogens (tertiary/aromatic N) is 8. The molecule has 1 fully saturated rings. The number of aliphatic hydroxyl groups is 3. The molecule has 4 heterocycles. The molecule has 0 unspecified atom stereocenters. The van der Waals surface area contributed by atoms with Crippen LogP contribution in [0, 0.1) is 20.2 Å². The van der Waals surface area contributed by atoms with Crippen LogP contribution in [-0.2, 0) is 21.8 Å². The van der Waals surface area contributed by atoms with E-state index in [2.05, 4.69) is 46.2 Å². The van der Waals surface area contributed by atoms with E-state index in [0.717, 1.165) is 45.8 Å². The number of nitro benzene ring substituents is 1. The van der Waals surface area contributed by atoms with Crippen LogP contribution < -0.4 is 27.4 Å². The van der Waals surface area contributed by atoms with Gasteiger partial charge in [0.15, 0.2) is 12.0 Å². The fourth-order valence-corrected chi connectivity index (χ4v) is 7.39. The minimum Gasteiger partial charge on any atom is -0.394 e. The summed E-state index contributed by atoms with van der Waals surface area (Å²) in [6, 6.07) is 11.3. The highest BCUT2D eigenvalue weighted by molar-refractivity contribution is 7.98. The summed E-state index contributed by atoms with van der Waals surface area (Å²) in [5.74, 6) is 1.66. The summed E-state index contributed by atoms with van der Waals surface area (Å²) in [5, 5.41) is 61.5. The van der Waals surface area contributed by atoms with E-state index in [1.807, 2.05) is 14.1 Å². The molecule has 0 bridgehead atoms. The average molecular weight is 891 g/mol. The summed E-state index contributed by atoms with van der Waals surface area (Å²) in [6.45, 7) is 0.996. The molecule has 25 heteroatoms. The average Bonchev–Trinajstić information content (AvgIpc) is 3.71. The molecule has 0 aliphatic carbocycles. The van der Waals surface area contributed by atoms with Crippen molar-refractivity contribution in [2.45, 2.75) is 36.8 Å². The number of benzodiazepines with no additional fused rings is 1. The number of hydrogen-bond acceptors (Lipinski definition) is 20. The summed E-state index contributed by atoms with van der Waals surface area (Å²) < 4.78 is 6.04. The Labute approximate surface area is 355 Å². The number of halogens is 1. The van der Waals surface area contributed by atoms with E-state index >= 15 is 0 Å². The fourth-order valence-electron chi connectivity index (χ4n) is 5.40. The second-order valence-electron chi connectivity index (χ2n) is 12.8. The molecule has 1 amide bonds. The van der Waals surface area contributed by atoms with Gasteiger partial charge < -0.3 is 46.6 Å². The van der Waals surface area contributed by atoms with Gasteiger partial charge >= 0.3 is 5.69 Å². The molecule has 2 aliphatic rings. The maximum atomic E-state index is 11.7. The maximum Gasteiger partial charge on any atom is 0.354 e. The summed E-state index contributed by atoms with van der Waals surface area (Å²) in [6.07, 6.45) is -2.75. The number of benzene rings is 2. The maximum absolute atomic E-state index is 11.7. The van der Waals surface area contributed by atoms with Gasteiger partial charge in [0, 0.05) is 65.3 Å². The molecule has 0 spiro atoms. The number of nitrogen functional groups attached to an aromatic ring is 1. The van der Waals surface area contributed by atoms with Crippen LogP contribution in [0.5, 0.6) is 0 Å². The number of rotatable bonds is 14. The Morgan fingerprint density at radius 2 is 1.92 bits per heavy atom. The number of nitrogens with two attached hydrogens (primary N) is 1. The number of aliphatic hydroxyl groups excluding tert-OH is 3. The van der Waals surface area contributed by atoms with E-state index in [4.69, 9.17) is 27.2 Å². The highest BCUT2D eigenvalue weighted by atomic mass is 35.5. The SMILES string of the molecule is CN/C(=C\[N+](=O)[O-])NCCSCc1csc(CN(C)C)n1.Nc1ncn([C@@H]2O[C@H](CO)[C@@H](O)[C@H]2O)c(=O)n1.O=C1CN=C(c2ccccc2Cl)c2cc([N+](=O)[O-])ccc2N1. The third-order valence-electron chi connectivity index (χ3n) is 8.16. The predicted octanol–water partition coefficient (Wildman–Crippen LogP) is 1.19. The lowest BCUT2D eigenvalue weighted by Gasteiger charge is -2.16. The quantitative estimate of drug-likeness (QED) is 0.0531. The second kappa shape index (κ2) is 22.7. The lowest BCUT2D eigenvalue weighted by atomic mass is 10.00. The van der Waals surface area contributed by atoms with Crippen LogP contribution in [0.25, 0.3) is 0 Å². The second-order valence-corrected chi connectivity index (χ2v) is 15.3. The van der Waals surface area contributed by atoms with Gasteiger partial charge in [-0.25, -0.2) is 14.8 Å². The van der Waals surface area contributed by atoms with E-state index in [1.165, 1.54) is 18.2 Å². The van der Waals surface area contributed by atoms with E-state index in [-0.39, 0.29) is 24.1 Å². The van der Waals surface area contributed by atoms with Gasteiger partial charge in [0.2, 0.25) is 11.9 Å². The molecule has 60 heavy (non-hydrogen) atoms. The molecule has 22 nitrogen and oxygen atoms in total. The zero-order chi connectivity index (χ0) is 43.9. The van der Waals surface area contributed by atoms with Gasteiger partial charge in [-0.15, -0.1) is 11.3 Å². The van der Waals surface area contributed by atoms with Crippen molar-refractivity contribution in [2.24, 2.45) is 4.99 Å². The molecule has 4 aromatic rings. The van der Waals surface area contributed by atoms with Crippen molar-refractivity contribution in [2.75, 3.05) is 57.6 Å². The molecule has 2 aromatic carbocycles. The first kappa shape index (κ1) is 47.1. The number of carbonyl (C=O) groups is 1. The van der Waals surface area contributed by atoms with Crippen LogP contribution in [0.2, 0.25) is 5.02 Å². The molecule has 6 rings (SSSR count). The molecular weight excluding hydrogens is 848 g/mol. The first-order valence-corrected chi connectivity index (χ1v) is 20.2. The monoisotopic (exact) mass is 890 g/mol. The van der Waals surface area contributed by atoms with Crippen molar-refractivity contribution in [1.82, 2.24) is 35.1 Å². The van der Waals surface area contributed by atoms with Crippen molar-refractivity contribution in [1.29, 1.82) is 0 Å². The zero-order valence-electron chi connectivity index (χ0n) is 32.4. The molecule has 2 aliphatic heterocycles. The number of non-ortho nitro benzene ring substituents is 1. The molecule has 0 saturated carbocycles. The third kappa shape index (κ3) is 13.5. The Kier molecular flexibility index (Phi) is 17.8. The summed E-state index contributed by atoms with van der Waals surface area (Å²) in [5.41, 5.74) is 7.52. The van der Waals surface area contributed by atoms with Crippen LogP contribution >= 0.6 is 34.7 Å². The van der Waals surface area contributed by atoms with Crippen LogP contribution in [0.3, 0.4) is 0 Å². The Hall–Kier alpha value is -5.60. The zero-order valence-corrected chi connectivity index (χ0v) is 34.8. The van der Waals surface area contributed by atoms with Crippen LogP contribution in [0.4, 0.5) is 17.3 Å². The smallest absolute Gasteiger partial charge is 0.354 e. The highest BCUT2D eigenvalue weighted by Crippen LogP contribution is 2.30. The van der Waals surface area contributed by atoms with Gasteiger partial charge in [-0.3, -0.25) is 34.6 Å². The number of nitro groups is 2. The molecule has 2 aromatic heterocycles. The van der Waals surface area contributed by atoms with Crippen molar-refractivity contribution in [3.63, 3.8) is 0 Å². The van der Waals surface area contributed by atoms with Crippen molar-refractivity contribution >= 4 is 63.6 Å². The predicted molar refractivity (Wildman–Crippen MR) is 225 cm³/mol. The number of aromatic nitrogens is 4. The number of thioether (sulfide) groups is 1. The molecule has 4 atom stereocenters. The molecule has 0 radical (unpaired) electrons. The fraction of sp³-hybridized carbons (Fsp3) is 0.371. The summed E-state index contributed by atoms with van der Waals surface area (Å²) in [7, 11) is 5.70. The van der Waals surface area contributed by atoms with E-state index in [9.17, 15) is 40.0 Å². The molecule has 8 N–H and O–H groups in total. The van der Waals surface area contributed by atoms with E-state index in [1.54, 1.807) is 54.4 Å². The number of carbonyl (C=O) groups excluding carboxylic acids is 1. The van der Waals surface area contributed by atoms with Gasteiger partial charge in [0.05, 0.1) is 33.5 Å². The largest absolute Gasteiger partial charge is 0.394 e. The summed E-state index contributed by atoms with van der Waals surface area (Å²) in [4.78, 5) is 61.5. The van der Waals surface area contributed by atoms with Gasteiger partial charge in [-0.2, -0.15) is 16.7 Å². The van der Waals surface area contributed by atoms with E-state index in [0.29, 0.717) is 39.9 Å². The van der Waals surface area contributed by atoms with Gasteiger partial charge in [-0.05, 0) is 26.2 Å². The van der Waals surface area contributed by atoms with Gasteiger partial charge in [-0.1, -0.05) is 29.8 Å². The number of ether oxygens (including phenoxy) is 1. The van der Waals surface area contributed by atoms with Crippen molar-refractivity contribution < 1.29 is 34.7 Å². The first-order chi connectivity index (χ1) is 28.6. The Bertz CT molecular complexity index is 2240. The van der Waals surface area contributed by atoms with Crippen molar-refractivity contribution in [3.05, 3.63) is 124 Å². The van der Waals surface area contributed by atoms with Gasteiger partial charge in [0.25, 0.3) is 11.9 Å². The number of aliphatic imine (C=N–C) groups is 1. The summed E-state index contributed by atoms with van der Waals surface area (Å²) >= 11 is 9.63. The van der Waals surface area contributed by atoms with E-state index < -0.39 is 46.7 Å². The lowest BCUT2D eigenvalue weighted by Crippen LogP contribution is -2.36. The Balaban J connectivity index is 0.000000200. The number of hydrogen-bond donors (Lipinski definition) is 7. The third-order valence-corrected chi connectivity index (χ3v) is 10.4. The lowest BCUT2D eigenvalue weighted by molar-refractivity contribution is -0.404. The molecule has 322 valence electrons. The van der Waals surface area contributed by atoms with Crippen LogP contribution in [0.15, 0.2) is 76.0 Å². The first-order valence-electron chi connectivity index (χ1n) is 17.8. The molecule has 1 saturated heterocycles. The number of fused-ring (bicyclic) bond motifs is 1. The Morgan fingerprint density at radius 3 is 2.55 bits per heavy atom. The number of amides is 1. The number of anilines is 2. The topological polar surface area (TPSA) is 312 Å². The van der Waals surface area contributed by atoms with Crippen LogP contribution in [-0.4, -0.2) is 126 Å². The molecular formula is C35H43ClN12O10S2.